The number of benzene rings is 1. The van der Waals surface area contributed by atoms with Crippen LogP contribution in [-0.2, 0) is 6.42 Å². The number of nitrogens with two attached hydrogens (primary N) is 1. The zero-order chi connectivity index (χ0) is 14.2. The summed E-state index contributed by atoms with van der Waals surface area (Å²) in [6, 6.07) is 5.59. The normalized spacial score (nSPS) is 24.8. The maximum Gasteiger partial charge on any atom is 0.0401 e. The molecule has 1 aromatic rings. The van der Waals surface area contributed by atoms with E-state index in [1.54, 1.807) is 0 Å². The molecular formula is C16H27N3. The van der Waals surface area contributed by atoms with Gasteiger partial charge >= 0.3 is 0 Å². The molecule has 1 aromatic carbocycles. The number of piperazine rings is 1. The van der Waals surface area contributed by atoms with Crippen LogP contribution in [0.4, 0.5) is 11.4 Å². The second kappa shape index (κ2) is 5.41. The summed E-state index contributed by atoms with van der Waals surface area (Å²) in [6.45, 7) is 11.1. The van der Waals surface area contributed by atoms with Gasteiger partial charge in [0.25, 0.3) is 0 Å². The number of nitrogens with zero attached hydrogens (tertiary/aromatic N) is 2. The number of aryl methyl sites for hydroxylation is 2. The summed E-state index contributed by atoms with van der Waals surface area (Å²) >= 11 is 0. The van der Waals surface area contributed by atoms with Crippen LogP contribution in [0.5, 0.6) is 0 Å². The van der Waals surface area contributed by atoms with E-state index in [1.165, 1.54) is 16.8 Å². The molecule has 3 heteroatoms. The molecule has 2 N–H and O–H groups in total. The van der Waals surface area contributed by atoms with Crippen LogP contribution in [0.1, 0.15) is 31.9 Å². The van der Waals surface area contributed by atoms with E-state index in [1.807, 2.05) is 0 Å². The predicted molar refractivity (Wildman–Crippen MR) is 83.9 cm³/mol. The minimum atomic E-state index is 0.589. The van der Waals surface area contributed by atoms with Crippen LogP contribution in [0.15, 0.2) is 12.1 Å². The van der Waals surface area contributed by atoms with Crippen LogP contribution >= 0.6 is 0 Å². The first-order valence-electron chi connectivity index (χ1n) is 7.29. The molecule has 0 aliphatic carbocycles. The van der Waals surface area contributed by atoms with E-state index < -0.39 is 0 Å². The minimum Gasteiger partial charge on any atom is -0.398 e. The van der Waals surface area contributed by atoms with Crippen molar-refractivity contribution >= 4 is 11.4 Å². The Morgan fingerprint density at radius 2 is 1.79 bits per heavy atom. The van der Waals surface area contributed by atoms with Crippen molar-refractivity contribution in [2.45, 2.75) is 46.2 Å². The fourth-order valence-corrected chi connectivity index (χ4v) is 3.01. The molecule has 0 bridgehead atoms. The third kappa shape index (κ3) is 2.71. The average Bonchev–Trinajstić information content (AvgIpc) is 2.35. The van der Waals surface area contributed by atoms with E-state index in [0.717, 1.165) is 25.2 Å². The summed E-state index contributed by atoms with van der Waals surface area (Å²) in [5.41, 5.74) is 10.9. The summed E-state index contributed by atoms with van der Waals surface area (Å²) in [6.07, 6.45) is 0.998. The van der Waals surface area contributed by atoms with E-state index in [2.05, 4.69) is 56.7 Å². The Hall–Kier alpha value is -1.22. The maximum absolute atomic E-state index is 6.08. The Morgan fingerprint density at radius 3 is 2.32 bits per heavy atom. The van der Waals surface area contributed by atoms with Crippen LogP contribution in [0.3, 0.4) is 0 Å². The molecule has 1 saturated heterocycles. The smallest absolute Gasteiger partial charge is 0.0401 e. The Labute approximate surface area is 117 Å². The average molecular weight is 261 g/mol. The molecule has 0 radical (unpaired) electrons. The third-order valence-corrected chi connectivity index (χ3v) is 4.54. The highest BCUT2D eigenvalue weighted by atomic mass is 15.3. The molecule has 0 spiro atoms. The molecule has 1 fully saturated rings. The van der Waals surface area contributed by atoms with Gasteiger partial charge in [0.2, 0.25) is 0 Å². The van der Waals surface area contributed by atoms with Crippen molar-refractivity contribution in [3.05, 3.63) is 23.3 Å². The zero-order valence-electron chi connectivity index (χ0n) is 12.9. The molecule has 106 valence electrons. The Kier molecular flexibility index (Phi) is 4.04. The van der Waals surface area contributed by atoms with Gasteiger partial charge in [-0.3, -0.25) is 4.90 Å². The van der Waals surface area contributed by atoms with E-state index >= 15 is 0 Å². The van der Waals surface area contributed by atoms with Crippen LogP contribution in [0.2, 0.25) is 0 Å². The van der Waals surface area contributed by atoms with E-state index in [9.17, 15) is 0 Å². The fourth-order valence-electron chi connectivity index (χ4n) is 3.01. The van der Waals surface area contributed by atoms with Gasteiger partial charge in [-0.1, -0.05) is 6.92 Å². The monoisotopic (exact) mass is 261 g/mol. The lowest BCUT2D eigenvalue weighted by molar-refractivity contribution is 0.170. The second-order valence-corrected chi connectivity index (χ2v) is 5.96. The van der Waals surface area contributed by atoms with Crippen molar-refractivity contribution in [1.82, 2.24) is 4.90 Å². The van der Waals surface area contributed by atoms with Crippen LogP contribution < -0.4 is 10.6 Å². The van der Waals surface area contributed by atoms with Gasteiger partial charge in [-0.2, -0.15) is 0 Å². The van der Waals surface area contributed by atoms with Crippen LogP contribution in [0, 0.1) is 6.92 Å². The van der Waals surface area contributed by atoms with Crippen molar-refractivity contribution in [3.63, 3.8) is 0 Å². The van der Waals surface area contributed by atoms with Crippen molar-refractivity contribution in [3.8, 4) is 0 Å². The Bertz CT molecular complexity index is 444. The van der Waals surface area contributed by atoms with Gasteiger partial charge in [-0.25, -0.2) is 0 Å². The van der Waals surface area contributed by atoms with Gasteiger partial charge in [-0.15, -0.1) is 0 Å². The maximum atomic E-state index is 6.08. The fraction of sp³-hybridized carbons (Fsp3) is 0.625. The molecule has 3 nitrogen and oxygen atoms in total. The molecule has 0 amide bonds. The van der Waals surface area contributed by atoms with Crippen molar-refractivity contribution in [1.29, 1.82) is 0 Å². The second-order valence-electron chi connectivity index (χ2n) is 5.96. The SMILES string of the molecule is CCc1cc(N2CC(C)N(C)C(C)C2)c(C)cc1N. The Balaban J connectivity index is 2.31. The molecular weight excluding hydrogens is 234 g/mol. The summed E-state index contributed by atoms with van der Waals surface area (Å²) in [5.74, 6) is 0. The van der Waals surface area contributed by atoms with Gasteiger partial charge in [0, 0.05) is 36.5 Å². The number of likely N-dealkylation sites (N-methyl/N-ethyl adjacent to an activating group) is 1. The number of hydrogen-bond donors (Lipinski definition) is 1. The molecule has 1 aliphatic heterocycles. The van der Waals surface area contributed by atoms with Gasteiger partial charge < -0.3 is 10.6 Å². The predicted octanol–water partition coefficient (Wildman–Crippen LogP) is 2.67. The molecule has 1 aliphatic rings. The van der Waals surface area contributed by atoms with Crippen LogP contribution in [0.25, 0.3) is 0 Å². The largest absolute Gasteiger partial charge is 0.398 e. The molecule has 0 aromatic heterocycles. The van der Waals surface area contributed by atoms with Gasteiger partial charge in [0.1, 0.15) is 0 Å². The van der Waals surface area contributed by atoms with Crippen molar-refractivity contribution < 1.29 is 0 Å². The highest BCUT2D eigenvalue weighted by molar-refractivity contribution is 5.63. The quantitative estimate of drug-likeness (QED) is 0.831. The topological polar surface area (TPSA) is 32.5 Å². The number of rotatable bonds is 2. The number of nitrogen functional groups attached to an aromatic ring is 1. The third-order valence-electron chi connectivity index (χ3n) is 4.54. The molecule has 2 atom stereocenters. The van der Waals surface area contributed by atoms with Gasteiger partial charge in [0.15, 0.2) is 0 Å². The zero-order valence-corrected chi connectivity index (χ0v) is 12.9. The first-order valence-corrected chi connectivity index (χ1v) is 7.29. The van der Waals surface area contributed by atoms with Crippen molar-refractivity contribution in [2.24, 2.45) is 0 Å². The first kappa shape index (κ1) is 14.2. The lowest BCUT2D eigenvalue weighted by atomic mass is 10.0. The van der Waals surface area contributed by atoms with E-state index in [0.29, 0.717) is 12.1 Å². The molecule has 2 rings (SSSR count). The summed E-state index contributed by atoms with van der Waals surface area (Å²) in [7, 11) is 2.22. The highest BCUT2D eigenvalue weighted by Gasteiger charge is 2.27. The van der Waals surface area contributed by atoms with Gasteiger partial charge in [-0.05, 0) is 57.5 Å². The lowest BCUT2D eigenvalue weighted by Crippen LogP contribution is -2.55. The summed E-state index contributed by atoms with van der Waals surface area (Å²) in [4.78, 5) is 4.98. The van der Waals surface area contributed by atoms with E-state index in [4.69, 9.17) is 5.73 Å². The number of hydrogen-bond acceptors (Lipinski definition) is 3. The number of anilines is 2. The van der Waals surface area contributed by atoms with Gasteiger partial charge in [0.05, 0.1) is 0 Å². The standard InChI is InChI=1S/C16H27N3/c1-6-14-8-16(11(2)7-15(14)17)19-9-12(3)18(5)13(4)10-19/h7-8,12-13H,6,9-10,17H2,1-5H3. The first-order chi connectivity index (χ1) is 8.93. The Morgan fingerprint density at radius 1 is 1.21 bits per heavy atom. The summed E-state index contributed by atoms with van der Waals surface area (Å²) in [5, 5.41) is 0. The summed E-state index contributed by atoms with van der Waals surface area (Å²) < 4.78 is 0. The molecule has 19 heavy (non-hydrogen) atoms. The van der Waals surface area contributed by atoms with Crippen LogP contribution in [-0.4, -0.2) is 37.1 Å². The molecule has 0 saturated carbocycles. The molecule has 1 heterocycles. The van der Waals surface area contributed by atoms with E-state index in [-0.39, 0.29) is 0 Å². The van der Waals surface area contributed by atoms with Crippen molar-refractivity contribution in [2.75, 3.05) is 30.8 Å². The minimum absolute atomic E-state index is 0.589. The lowest BCUT2D eigenvalue weighted by Gasteiger charge is -2.44. The molecule has 2 unspecified atom stereocenters. The highest BCUT2D eigenvalue weighted by Crippen LogP contribution is 2.29.